The smallest absolute Gasteiger partial charge is 0.146 e. The predicted molar refractivity (Wildman–Crippen MR) is 78.0 cm³/mol. The molecule has 1 N–H and O–H groups in total. The highest BCUT2D eigenvalue weighted by molar-refractivity contribution is 6.30. The molecule has 0 saturated heterocycles. The molecule has 1 aliphatic rings. The fourth-order valence-electron chi connectivity index (χ4n) is 2.87. The Morgan fingerprint density at radius 2 is 2.00 bits per heavy atom. The van der Waals surface area contributed by atoms with Crippen molar-refractivity contribution >= 4 is 11.6 Å². The first-order chi connectivity index (χ1) is 9.11. The van der Waals surface area contributed by atoms with E-state index < -0.39 is 0 Å². The fraction of sp³-hybridized carbons (Fsp3) is 0.600. The van der Waals surface area contributed by atoms with Gasteiger partial charge in [0.2, 0.25) is 0 Å². The molecular formula is C15H22ClFN2. The van der Waals surface area contributed by atoms with Crippen LogP contribution in [0.15, 0.2) is 18.2 Å². The minimum atomic E-state index is -0.278. The van der Waals surface area contributed by atoms with Gasteiger partial charge in [0.05, 0.1) is 5.02 Å². The van der Waals surface area contributed by atoms with Crippen LogP contribution in [-0.4, -0.2) is 31.1 Å². The van der Waals surface area contributed by atoms with E-state index in [0.717, 1.165) is 0 Å². The van der Waals surface area contributed by atoms with Crippen molar-refractivity contribution in [3.8, 4) is 0 Å². The summed E-state index contributed by atoms with van der Waals surface area (Å²) in [6.07, 6.45) is 4.74. The van der Waals surface area contributed by atoms with E-state index in [0.29, 0.717) is 24.2 Å². The van der Waals surface area contributed by atoms with Gasteiger partial charge >= 0.3 is 0 Å². The summed E-state index contributed by atoms with van der Waals surface area (Å²) < 4.78 is 13.9. The van der Waals surface area contributed by atoms with Crippen LogP contribution in [0, 0.1) is 5.82 Å². The van der Waals surface area contributed by atoms with E-state index in [4.69, 9.17) is 11.6 Å². The maximum absolute atomic E-state index is 13.9. The van der Waals surface area contributed by atoms with Crippen LogP contribution >= 0.6 is 11.6 Å². The lowest BCUT2D eigenvalue weighted by atomic mass is 9.90. The van der Waals surface area contributed by atoms with Gasteiger partial charge in [-0.2, -0.15) is 0 Å². The van der Waals surface area contributed by atoms with E-state index in [9.17, 15) is 4.39 Å². The van der Waals surface area contributed by atoms with Crippen molar-refractivity contribution in [1.29, 1.82) is 0 Å². The van der Waals surface area contributed by atoms with Gasteiger partial charge in [-0.3, -0.25) is 4.90 Å². The summed E-state index contributed by atoms with van der Waals surface area (Å²) in [4.78, 5) is 2.25. The molecule has 0 spiro atoms. The van der Waals surface area contributed by atoms with Crippen LogP contribution in [0.5, 0.6) is 0 Å². The second-order valence-electron chi connectivity index (χ2n) is 5.42. The monoisotopic (exact) mass is 284 g/mol. The number of nitrogens with zero attached hydrogens (tertiary/aromatic N) is 1. The summed E-state index contributed by atoms with van der Waals surface area (Å²) in [7, 11) is 4.10. The third-order valence-electron chi connectivity index (χ3n) is 4.18. The maximum Gasteiger partial charge on any atom is 0.146 e. The molecule has 0 aromatic heterocycles. The van der Waals surface area contributed by atoms with Gasteiger partial charge in [-0.1, -0.05) is 23.7 Å². The normalized spacial score (nSPS) is 23.8. The summed E-state index contributed by atoms with van der Waals surface area (Å²) in [5.74, 6) is -0.278. The number of benzene rings is 1. The summed E-state index contributed by atoms with van der Waals surface area (Å²) in [6, 6.07) is 6.41. The van der Waals surface area contributed by atoms with Gasteiger partial charge in [0, 0.05) is 24.2 Å². The van der Waals surface area contributed by atoms with Gasteiger partial charge in [-0.25, -0.2) is 4.39 Å². The van der Waals surface area contributed by atoms with Crippen molar-refractivity contribution in [3.05, 3.63) is 34.6 Å². The summed E-state index contributed by atoms with van der Waals surface area (Å²) in [5, 5.41) is 3.55. The van der Waals surface area contributed by atoms with Crippen LogP contribution in [0.25, 0.3) is 0 Å². The number of rotatable bonds is 4. The molecule has 0 aliphatic heterocycles. The Morgan fingerprint density at radius 3 is 2.63 bits per heavy atom. The quantitative estimate of drug-likeness (QED) is 0.911. The molecule has 1 fully saturated rings. The van der Waals surface area contributed by atoms with Crippen LogP contribution in [0.3, 0.4) is 0 Å². The third-order valence-corrected chi connectivity index (χ3v) is 4.47. The first-order valence-corrected chi connectivity index (χ1v) is 7.30. The van der Waals surface area contributed by atoms with Crippen molar-refractivity contribution in [2.24, 2.45) is 0 Å². The molecule has 1 aliphatic carbocycles. The highest BCUT2D eigenvalue weighted by Gasteiger charge is 2.23. The zero-order chi connectivity index (χ0) is 13.8. The number of nitrogens with one attached hydrogen (secondary N) is 1. The standard InChI is InChI=1S/C15H22ClFN2/c1-18-12-6-8-13(9-7-12)19(2)10-11-4-3-5-14(16)15(11)17/h3-5,12-13,18H,6-10H2,1-2H3. The Labute approximate surface area is 119 Å². The molecular weight excluding hydrogens is 263 g/mol. The summed E-state index contributed by atoms with van der Waals surface area (Å²) in [6.45, 7) is 0.626. The summed E-state index contributed by atoms with van der Waals surface area (Å²) in [5.41, 5.74) is 0.686. The van der Waals surface area contributed by atoms with E-state index in [2.05, 4.69) is 17.3 Å². The second-order valence-corrected chi connectivity index (χ2v) is 5.83. The van der Waals surface area contributed by atoms with E-state index in [1.54, 1.807) is 6.07 Å². The van der Waals surface area contributed by atoms with E-state index >= 15 is 0 Å². The van der Waals surface area contributed by atoms with Crippen molar-refractivity contribution in [3.63, 3.8) is 0 Å². The van der Waals surface area contributed by atoms with Gasteiger partial charge in [0.15, 0.2) is 0 Å². The molecule has 0 radical (unpaired) electrons. The van der Waals surface area contributed by atoms with Crippen molar-refractivity contribution < 1.29 is 4.39 Å². The van der Waals surface area contributed by atoms with E-state index in [1.807, 2.05) is 19.2 Å². The molecule has 1 saturated carbocycles. The van der Waals surface area contributed by atoms with Gasteiger partial charge in [-0.15, -0.1) is 0 Å². The largest absolute Gasteiger partial charge is 0.317 e. The average Bonchev–Trinajstić information content (AvgIpc) is 2.44. The number of hydrogen-bond acceptors (Lipinski definition) is 2. The Morgan fingerprint density at radius 1 is 1.32 bits per heavy atom. The molecule has 19 heavy (non-hydrogen) atoms. The molecule has 4 heteroatoms. The van der Waals surface area contributed by atoms with Gasteiger partial charge in [0.25, 0.3) is 0 Å². The zero-order valence-corrected chi connectivity index (χ0v) is 12.4. The minimum absolute atomic E-state index is 0.213. The van der Waals surface area contributed by atoms with Gasteiger partial charge in [0.1, 0.15) is 5.82 Å². The Hall–Kier alpha value is -0.640. The minimum Gasteiger partial charge on any atom is -0.317 e. The molecule has 0 amide bonds. The maximum atomic E-state index is 13.9. The SMILES string of the molecule is CNC1CCC(N(C)Cc2cccc(Cl)c2F)CC1. The lowest BCUT2D eigenvalue weighted by Gasteiger charge is -2.34. The molecule has 1 aromatic rings. The van der Waals surface area contributed by atoms with Crippen molar-refractivity contribution in [2.75, 3.05) is 14.1 Å². The van der Waals surface area contributed by atoms with E-state index in [-0.39, 0.29) is 10.8 Å². The van der Waals surface area contributed by atoms with Crippen molar-refractivity contribution in [2.45, 2.75) is 44.3 Å². The molecule has 2 nitrogen and oxygen atoms in total. The Bertz CT molecular complexity index is 417. The van der Waals surface area contributed by atoms with Crippen LogP contribution < -0.4 is 5.32 Å². The first-order valence-electron chi connectivity index (χ1n) is 6.92. The Balaban J connectivity index is 1.94. The molecule has 0 heterocycles. The summed E-state index contributed by atoms with van der Waals surface area (Å²) >= 11 is 5.82. The first kappa shape index (κ1) is 14.8. The number of hydrogen-bond donors (Lipinski definition) is 1. The zero-order valence-electron chi connectivity index (χ0n) is 11.6. The van der Waals surface area contributed by atoms with Crippen LogP contribution in [0.1, 0.15) is 31.2 Å². The highest BCUT2D eigenvalue weighted by atomic mass is 35.5. The van der Waals surface area contributed by atoms with Crippen LogP contribution in [0.4, 0.5) is 4.39 Å². The third kappa shape index (κ3) is 3.68. The lowest BCUT2D eigenvalue weighted by Crippen LogP contribution is -2.39. The van der Waals surface area contributed by atoms with Crippen LogP contribution in [0.2, 0.25) is 5.02 Å². The number of halogens is 2. The molecule has 1 aromatic carbocycles. The van der Waals surface area contributed by atoms with Gasteiger partial charge in [-0.05, 0) is 45.8 Å². The Kier molecular flexibility index (Phi) is 5.20. The van der Waals surface area contributed by atoms with Gasteiger partial charge < -0.3 is 5.32 Å². The molecule has 0 bridgehead atoms. The molecule has 106 valence electrons. The lowest BCUT2D eigenvalue weighted by molar-refractivity contribution is 0.168. The topological polar surface area (TPSA) is 15.3 Å². The predicted octanol–water partition coefficient (Wildman–Crippen LogP) is 3.44. The van der Waals surface area contributed by atoms with E-state index in [1.165, 1.54) is 25.7 Å². The highest BCUT2D eigenvalue weighted by Crippen LogP contribution is 2.25. The second kappa shape index (κ2) is 6.69. The van der Waals surface area contributed by atoms with Crippen molar-refractivity contribution in [1.82, 2.24) is 10.2 Å². The molecule has 0 unspecified atom stereocenters. The molecule has 2 rings (SSSR count). The molecule has 0 atom stereocenters. The average molecular weight is 285 g/mol. The van der Waals surface area contributed by atoms with Crippen LogP contribution in [-0.2, 0) is 6.54 Å². The fourth-order valence-corrected chi connectivity index (χ4v) is 3.07.